The quantitative estimate of drug-likeness (QED) is 0.774. The van der Waals surface area contributed by atoms with Gasteiger partial charge >= 0.3 is 0 Å². The maximum atomic E-state index is 12.4. The van der Waals surface area contributed by atoms with E-state index in [1.165, 1.54) is 17.8 Å². The third kappa shape index (κ3) is 2.70. The van der Waals surface area contributed by atoms with Crippen LogP contribution in [0.3, 0.4) is 0 Å². The number of nitrogens with one attached hydrogen (secondary N) is 2. The Morgan fingerprint density at radius 3 is 3.04 bits per heavy atom. The zero-order valence-corrected chi connectivity index (χ0v) is 14.0. The van der Waals surface area contributed by atoms with Gasteiger partial charge in [-0.25, -0.2) is 4.98 Å². The molecular weight excluding hydrogens is 310 g/mol. The maximum Gasteiger partial charge on any atom is 0.268 e. The number of hydrogen-bond donors (Lipinski definition) is 2. The summed E-state index contributed by atoms with van der Waals surface area (Å²) in [6.45, 7) is 7.10. The fourth-order valence-corrected chi connectivity index (χ4v) is 4.24. The van der Waals surface area contributed by atoms with E-state index in [2.05, 4.69) is 32.0 Å². The highest BCUT2D eigenvalue weighted by Crippen LogP contribution is 2.32. The minimum atomic E-state index is -0.0466. The average molecular weight is 329 g/mol. The number of aryl methyl sites for hydroxylation is 1. The van der Waals surface area contributed by atoms with E-state index in [1.54, 1.807) is 6.20 Å². The number of thiophene rings is 1. The first kappa shape index (κ1) is 14.6. The van der Waals surface area contributed by atoms with Crippen molar-refractivity contribution in [1.82, 2.24) is 25.1 Å². The molecule has 0 radical (unpaired) electrons. The van der Waals surface area contributed by atoms with Crippen LogP contribution in [0.2, 0.25) is 0 Å². The molecule has 0 spiro atoms. The van der Waals surface area contributed by atoms with E-state index in [9.17, 15) is 4.79 Å². The van der Waals surface area contributed by atoms with Gasteiger partial charge in [0.05, 0.1) is 18.3 Å². The molecule has 7 heteroatoms. The Morgan fingerprint density at radius 2 is 2.35 bits per heavy atom. The summed E-state index contributed by atoms with van der Waals surface area (Å²) in [5.74, 6) is 1.48. The van der Waals surface area contributed by atoms with Crippen LogP contribution in [0, 0.1) is 12.8 Å². The van der Waals surface area contributed by atoms with Crippen molar-refractivity contribution in [2.24, 2.45) is 5.92 Å². The number of H-pyrrole nitrogens is 2. The molecule has 0 unspecified atom stereocenters. The lowest BCUT2D eigenvalue weighted by atomic mass is 10.2. The van der Waals surface area contributed by atoms with E-state index in [0.29, 0.717) is 11.2 Å². The summed E-state index contributed by atoms with van der Waals surface area (Å²) in [5, 5.41) is 6.99. The highest BCUT2D eigenvalue weighted by molar-refractivity contribution is 7.22. The number of hydrogen-bond acceptors (Lipinski definition) is 5. The number of nitrogens with zero attached hydrogens (tertiary/aromatic N) is 3. The van der Waals surface area contributed by atoms with E-state index >= 15 is 0 Å². The van der Waals surface area contributed by atoms with Crippen molar-refractivity contribution in [3.63, 3.8) is 0 Å². The Hall–Kier alpha value is -1.99. The molecular formula is C16H19N5OS. The highest BCUT2D eigenvalue weighted by atomic mass is 32.1. The summed E-state index contributed by atoms with van der Waals surface area (Å²) in [6.07, 6.45) is 3.01. The minimum absolute atomic E-state index is 0.0466. The summed E-state index contributed by atoms with van der Waals surface area (Å²) in [7, 11) is 0. The zero-order valence-electron chi connectivity index (χ0n) is 13.2. The zero-order chi connectivity index (χ0) is 16.0. The van der Waals surface area contributed by atoms with Crippen LogP contribution in [0.4, 0.5) is 0 Å². The number of aromatic nitrogens is 4. The van der Waals surface area contributed by atoms with Gasteiger partial charge in [-0.2, -0.15) is 5.10 Å². The molecule has 23 heavy (non-hydrogen) atoms. The monoisotopic (exact) mass is 329 g/mol. The summed E-state index contributed by atoms with van der Waals surface area (Å²) in [6, 6.07) is 1.99. The second-order valence-electron chi connectivity index (χ2n) is 6.38. The first-order valence-corrected chi connectivity index (χ1v) is 8.67. The summed E-state index contributed by atoms with van der Waals surface area (Å²) in [4.78, 5) is 23.4. The molecule has 6 nitrogen and oxygen atoms in total. The van der Waals surface area contributed by atoms with Gasteiger partial charge in [-0.3, -0.25) is 14.8 Å². The predicted molar refractivity (Wildman–Crippen MR) is 91.6 cm³/mol. The third-order valence-electron chi connectivity index (χ3n) is 4.41. The topological polar surface area (TPSA) is 77.7 Å². The Balaban J connectivity index is 1.70. The lowest BCUT2D eigenvalue weighted by Crippen LogP contribution is -2.23. The maximum absolute atomic E-state index is 12.4. The van der Waals surface area contributed by atoms with Crippen molar-refractivity contribution < 1.29 is 0 Å². The van der Waals surface area contributed by atoms with Crippen LogP contribution in [0.25, 0.3) is 20.7 Å². The summed E-state index contributed by atoms with van der Waals surface area (Å²) in [5.41, 5.74) is 2.76. The smallest absolute Gasteiger partial charge is 0.268 e. The lowest BCUT2D eigenvalue weighted by Gasteiger charge is -2.13. The second kappa shape index (κ2) is 5.58. The molecule has 3 aromatic rings. The van der Waals surface area contributed by atoms with Crippen LogP contribution < -0.4 is 5.56 Å². The molecule has 1 aliphatic rings. The van der Waals surface area contributed by atoms with Crippen LogP contribution in [0.15, 0.2) is 17.1 Å². The van der Waals surface area contributed by atoms with Crippen molar-refractivity contribution in [3.8, 4) is 10.4 Å². The van der Waals surface area contributed by atoms with Crippen LogP contribution >= 0.6 is 11.3 Å². The van der Waals surface area contributed by atoms with Gasteiger partial charge in [-0.1, -0.05) is 6.92 Å². The van der Waals surface area contributed by atoms with E-state index in [1.807, 2.05) is 13.0 Å². The number of rotatable bonds is 3. The standard InChI is InChI=1S/C16H19N5OS/c1-9-3-4-21(7-9)8-14-18-12-5-13(11-6-17-20-10(11)2)23-15(12)16(22)19-14/h5-6,9H,3-4,7-8H2,1-2H3,(H,17,20)(H,18,19,22)/t9-/m1/s1. The van der Waals surface area contributed by atoms with Gasteiger partial charge < -0.3 is 4.98 Å². The molecule has 0 aliphatic carbocycles. The molecule has 4 heterocycles. The van der Waals surface area contributed by atoms with E-state index in [4.69, 9.17) is 0 Å². The first-order valence-electron chi connectivity index (χ1n) is 7.85. The summed E-state index contributed by atoms with van der Waals surface area (Å²) < 4.78 is 0.680. The van der Waals surface area contributed by atoms with Crippen LogP contribution in [0.5, 0.6) is 0 Å². The molecule has 1 saturated heterocycles. The lowest BCUT2D eigenvalue weighted by molar-refractivity contribution is 0.312. The number of aromatic amines is 2. The van der Waals surface area contributed by atoms with E-state index in [0.717, 1.165) is 46.5 Å². The molecule has 2 N–H and O–H groups in total. The predicted octanol–water partition coefficient (Wildman–Crippen LogP) is 2.52. The fraction of sp³-hybridized carbons (Fsp3) is 0.438. The van der Waals surface area contributed by atoms with Crippen molar-refractivity contribution >= 4 is 21.6 Å². The van der Waals surface area contributed by atoms with Gasteiger partial charge in [-0.15, -0.1) is 11.3 Å². The Kier molecular flexibility index (Phi) is 3.54. The molecule has 0 aromatic carbocycles. The molecule has 0 saturated carbocycles. The normalized spacial score (nSPS) is 19.0. The van der Waals surface area contributed by atoms with Gasteiger partial charge in [0.15, 0.2) is 0 Å². The number of likely N-dealkylation sites (tertiary alicyclic amines) is 1. The van der Waals surface area contributed by atoms with Gasteiger partial charge in [0.2, 0.25) is 0 Å². The van der Waals surface area contributed by atoms with Crippen LogP contribution in [-0.2, 0) is 6.54 Å². The molecule has 1 aliphatic heterocycles. The summed E-state index contributed by atoms with van der Waals surface area (Å²) >= 11 is 1.47. The molecule has 0 amide bonds. The molecule has 120 valence electrons. The largest absolute Gasteiger partial charge is 0.308 e. The second-order valence-corrected chi connectivity index (χ2v) is 7.43. The van der Waals surface area contributed by atoms with Crippen LogP contribution in [0.1, 0.15) is 24.9 Å². The molecule has 1 fully saturated rings. The van der Waals surface area contributed by atoms with Crippen molar-refractivity contribution in [2.45, 2.75) is 26.8 Å². The molecule has 1 atom stereocenters. The van der Waals surface area contributed by atoms with Gasteiger partial charge in [0.1, 0.15) is 10.5 Å². The Labute approximate surface area is 137 Å². The van der Waals surface area contributed by atoms with E-state index in [-0.39, 0.29) is 5.56 Å². The van der Waals surface area contributed by atoms with E-state index < -0.39 is 0 Å². The Morgan fingerprint density at radius 1 is 1.48 bits per heavy atom. The van der Waals surface area contributed by atoms with Gasteiger partial charge in [0, 0.05) is 22.7 Å². The number of fused-ring (bicyclic) bond motifs is 1. The van der Waals surface area contributed by atoms with Gasteiger partial charge in [-0.05, 0) is 31.9 Å². The average Bonchev–Trinajstić information content (AvgIpc) is 3.19. The highest BCUT2D eigenvalue weighted by Gasteiger charge is 2.20. The minimum Gasteiger partial charge on any atom is -0.308 e. The first-order chi connectivity index (χ1) is 11.1. The fourth-order valence-electron chi connectivity index (χ4n) is 3.18. The Bertz CT molecular complexity index is 909. The third-order valence-corrected chi connectivity index (χ3v) is 5.57. The van der Waals surface area contributed by atoms with Crippen molar-refractivity contribution in [1.29, 1.82) is 0 Å². The van der Waals surface area contributed by atoms with Crippen molar-refractivity contribution in [2.75, 3.05) is 13.1 Å². The molecule has 4 rings (SSSR count). The van der Waals surface area contributed by atoms with Crippen LogP contribution in [-0.4, -0.2) is 38.2 Å². The SMILES string of the molecule is Cc1[nH]ncc1-c1cc2nc(CN3CC[C@@H](C)C3)[nH]c(=O)c2s1. The molecule has 3 aromatic heterocycles. The van der Waals surface area contributed by atoms with Crippen molar-refractivity contribution in [3.05, 3.63) is 34.1 Å². The van der Waals surface area contributed by atoms with Gasteiger partial charge in [0.25, 0.3) is 5.56 Å². The molecule has 0 bridgehead atoms.